The van der Waals surface area contributed by atoms with E-state index in [0.717, 1.165) is 0 Å². The van der Waals surface area contributed by atoms with Gasteiger partial charge < -0.3 is 4.48 Å². The van der Waals surface area contributed by atoms with Gasteiger partial charge in [-0.3, -0.25) is 4.90 Å². The fraction of sp³-hybridized carbons (Fsp3) is 1.00. The number of unbranched alkanes of at least 4 members (excludes halogenated alkanes) is 24. The van der Waals surface area contributed by atoms with E-state index in [-0.39, 0.29) is 0 Å². The van der Waals surface area contributed by atoms with E-state index in [1.165, 1.54) is 204 Å². The molecule has 0 N–H and O–H groups in total. The minimum absolute atomic E-state index is 0.699. The van der Waals surface area contributed by atoms with Crippen molar-refractivity contribution in [3.05, 3.63) is 0 Å². The highest BCUT2D eigenvalue weighted by atomic mass is 15.5. The highest BCUT2D eigenvalue weighted by molar-refractivity contribution is 4.62. The summed E-state index contributed by atoms with van der Waals surface area (Å²) in [5.74, 6) is 0. The number of rotatable bonds is 33. The topological polar surface area (TPSA) is 3.24 Å². The minimum atomic E-state index is 0.699. The van der Waals surface area contributed by atoms with Crippen LogP contribution in [-0.2, 0) is 0 Å². The maximum Gasteiger partial charge on any atom is 0.144 e. The first-order valence-electron chi connectivity index (χ1n) is 19.2. The third-order valence-electron chi connectivity index (χ3n) is 10.1. The predicted octanol–water partition coefficient (Wildman–Crippen LogP) is 12.7. The maximum absolute atomic E-state index is 2.74. The first-order valence-corrected chi connectivity index (χ1v) is 19.2. The first kappa shape index (κ1) is 39.9. The molecule has 242 valence electrons. The molecule has 0 heterocycles. The van der Waals surface area contributed by atoms with Crippen molar-refractivity contribution in [1.82, 2.24) is 4.90 Å². The van der Waals surface area contributed by atoms with Gasteiger partial charge in [0.15, 0.2) is 0 Å². The molecule has 0 bridgehead atoms. The van der Waals surface area contributed by atoms with Crippen LogP contribution in [-0.4, -0.2) is 48.8 Å². The summed E-state index contributed by atoms with van der Waals surface area (Å²) in [6.45, 7) is 17.2. The van der Waals surface area contributed by atoms with Crippen LogP contribution in [0.15, 0.2) is 0 Å². The molecule has 0 aromatic carbocycles. The molecule has 0 fully saturated rings. The van der Waals surface area contributed by atoms with Gasteiger partial charge in [0.2, 0.25) is 0 Å². The van der Waals surface area contributed by atoms with Crippen molar-refractivity contribution in [3.8, 4) is 0 Å². The highest BCUT2D eigenvalue weighted by Gasteiger charge is 2.34. The number of hydrogen-bond acceptors (Lipinski definition) is 1. The van der Waals surface area contributed by atoms with E-state index in [1.807, 2.05) is 0 Å². The van der Waals surface area contributed by atoms with Crippen molar-refractivity contribution in [2.45, 2.75) is 214 Å². The van der Waals surface area contributed by atoms with Crippen molar-refractivity contribution in [2.24, 2.45) is 0 Å². The summed E-state index contributed by atoms with van der Waals surface area (Å²) in [5.41, 5.74) is 0. The Labute approximate surface area is 256 Å². The van der Waals surface area contributed by atoms with E-state index in [4.69, 9.17) is 0 Å². The van der Waals surface area contributed by atoms with Crippen molar-refractivity contribution < 1.29 is 4.48 Å². The molecule has 0 aliphatic heterocycles. The van der Waals surface area contributed by atoms with Crippen LogP contribution in [0.4, 0.5) is 0 Å². The molecule has 1 atom stereocenters. The zero-order chi connectivity index (χ0) is 29.6. The molecule has 0 aliphatic carbocycles. The Morgan fingerprint density at radius 2 is 0.700 bits per heavy atom. The Balaban J connectivity index is 3.96. The molecule has 2 heteroatoms. The Kier molecular flexibility index (Phi) is 30.3. The van der Waals surface area contributed by atoms with Crippen LogP contribution in [0, 0.1) is 0 Å². The van der Waals surface area contributed by atoms with Gasteiger partial charge in [-0.15, -0.1) is 0 Å². The van der Waals surface area contributed by atoms with Gasteiger partial charge in [-0.1, -0.05) is 168 Å². The third kappa shape index (κ3) is 21.6. The van der Waals surface area contributed by atoms with Crippen molar-refractivity contribution in [1.29, 1.82) is 0 Å². The van der Waals surface area contributed by atoms with Gasteiger partial charge in [-0.2, -0.15) is 0 Å². The number of nitrogens with zero attached hydrogens (tertiary/aromatic N) is 2. The minimum Gasteiger partial charge on any atom is -0.309 e. The second kappa shape index (κ2) is 30.4. The molecule has 1 unspecified atom stereocenters. The molecule has 40 heavy (non-hydrogen) atoms. The molecule has 0 radical (unpaired) electrons. The van der Waals surface area contributed by atoms with Crippen molar-refractivity contribution >= 4 is 0 Å². The summed E-state index contributed by atoms with van der Waals surface area (Å²) >= 11 is 0. The van der Waals surface area contributed by atoms with Crippen LogP contribution in [0.3, 0.4) is 0 Å². The van der Waals surface area contributed by atoms with Crippen molar-refractivity contribution in [3.63, 3.8) is 0 Å². The predicted molar refractivity (Wildman–Crippen MR) is 184 cm³/mol. The van der Waals surface area contributed by atoms with Gasteiger partial charge in [0.05, 0.1) is 19.6 Å². The fourth-order valence-corrected chi connectivity index (χ4v) is 7.20. The smallest absolute Gasteiger partial charge is 0.144 e. The summed E-state index contributed by atoms with van der Waals surface area (Å²) in [4.78, 5) is 2.74. The van der Waals surface area contributed by atoms with Crippen LogP contribution in [0.1, 0.15) is 208 Å². The van der Waals surface area contributed by atoms with E-state index in [9.17, 15) is 0 Å². The maximum atomic E-state index is 2.74. The molecule has 0 aliphatic rings. The zero-order valence-corrected chi connectivity index (χ0v) is 29.4. The lowest BCUT2D eigenvalue weighted by atomic mass is 10.0. The average molecular weight is 566 g/mol. The van der Waals surface area contributed by atoms with E-state index in [2.05, 4.69) is 46.6 Å². The average Bonchev–Trinajstić information content (AvgIpc) is 2.97. The van der Waals surface area contributed by atoms with Crippen LogP contribution < -0.4 is 0 Å². The van der Waals surface area contributed by atoms with Crippen LogP contribution >= 0.6 is 0 Å². The molecule has 0 saturated heterocycles. The summed E-state index contributed by atoms with van der Waals surface area (Å²) in [6, 6.07) is 0. The first-order chi connectivity index (χ1) is 19.6. The Morgan fingerprint density at radius 1 is 0.400 bits per heavy atom. The van der Waals surface area contributed by atoms with Gasteiger partial charge in [0, 0.05) is 13.0 Å². The van der Waals surface area contributed by atoms with Gasteiger partial charge in [-0.25, -0.2) is 0 Å². The summed E-state index contributed by atoms with van der Waals surface area (Å²) in [7, 11) is 2.42. The molecule has 0 rings (SSSR count). The second-order valence-electron chi connectivity index (χ2n) is 13.4. The highest BCUT2D eigenvalue weighted by Crippen LogP contribution is 2.23. The summed E-state index contributed by atoms with van der Waals surface area (Å²) in [5, 5.41) is 0. The Hall–Kier alpha value is -0.0800. The van der Waals surface area contributed by atoms with E-state index < -0.39 is 0 Å². The third-order valence-corrected chi connectivity index (χ3v) is 10.1. The lowest BCUT2D eigenvalue weighted by Crippen LogP contribution is -2.61. The molecule has 2 nitrogen and oxygen atoms in total. The largest absolute Gasteiger partial charge is 0.309 e. The second-order valence-corrected chi connectivity index (χ2v) is 13.4. The number of hydrogen-bond donors (Lipinski definition) is 0. The lowest BCUT2D eigenvalue weighted by molar-refractivity contribution is -0.959. The fourth-order valence-electron chi connectivity index (χ4n) is 7.20. The molecule has 0 aromatic heterocycles. The monoisotopic (exact) mass is 566 g/mol. The zero-order valence-electron chi connectivity index (χ0n) is 29.4. The van der Waals surface area contributed by atoms with Gasteiger partial charge in [-0.05, 0) is 40.2 Å². The molecule has 0 aromatic rings. The van der Waals surface area contributed by atoms with E-state index in [0.29, 0.717) is 6.17 Å². The van der Waals surface area contributed by atoms with Gasteiger partial charge in [0.25, 0.3) is 0 Å². The van der Waals surface area contributed by atoms with Gasteiger partial charge >= 0.3 is 0 Å². The van der Waals surface area contributed by atoms with Crippen molar-refractivity contribution in [2.75, 3.05) is 33.2 Å². The summed E-state index contributed by atoms with van der Waals surface area (Å²) in [6.07, 6.45) is 39.7. The SMILES string of the molecule is CCCCCCCCCCCCCCCCCC[N+](CC)(CC)C(CC)N(C)CCCCCCCCCCCC. The molecular formula is C38H81N2+. The van der Waals surface area contributed by atoms with Crippen LogP contribution in [0.2, 0.25) is 0 Å². The molecular weight excluding hydrogens is 484 g/mol. The molecule has 0 spiro atoms. The van der Waals surface area contributed by atoms with Crippen LogP contribution in [0.5, 0.6) is 0 Å². The molecule has 0 amide bonds. The Morgan fingerprint density at radius 3 is 1.00 bits per heavy atom. The quantitative estimate of drug-likeness (QED) is 0.0434. The summed E-state index contributed by atoms with van der Waals surface area (Å²) < 4.78 is 1.31. The van der Waals surface area contributed by atoms with E-state index in [1.54, 1.807) is 0 Å². The van der Waals surface area contributed by atoms with E-state index >= 15 is 0 Å². The normalized spacial score (nSPS) is 13.0. The molecule has 0 saturated carbocycles. The number of quaternary nitrogens is 1. The Bertz CT molecular complexity index is 472. The standard InChI is InChI=1S/C38H81N2/c1-7-12-14-16-18-20-22-23-24-25-26-27-29-31-33-35-37-40(10-4,11-5)38(9-3)39(6)36-34-32-30-28-21-19-17-15-13-8-2/h38H,7-37H2,1-6H3/q+1. The van der Waals surface area contributed by atoms with Crippen LogP contribution in [0.25, 0.3) is 0 Å². The lowest BCUT2D eigenvalue weighted by Gasteiger charge is -2.47. The van der Waals surface area contributed by atoms with Gasteiger partial charge in [0.1, 0.15) is 6.17 Å².